The van der Waals surface area contributed by atoms with Gasteiger partial charge in [-0.2, -0.15) is 0 Å². The molecule has 2 heterocycles. The summed E-state index contributed by atoms with van der Waals surface area (Å²) in [7, 11) is 3.06. The van der Waals surface area contributed by atoms with Crippen LogP contribution in [0.1, 0.15) is 45.7 Å². The molecule has 1 fully saturated rings. The number of aromatic amines is 2. The molecule has 0 atom stereocenters. The van der Waals surface area contributed by atoms with Crippen LogP contribution in [0.15, 0.2) is 8.95 Å². The molecule has 1 aliphatic carbocycles. The highest BCUT2D eigenvalue weighted by atomic mass is 79.9. The summed E-state index contributed by atoms with van der Waals surface area (Å²) in [5, 5.41) is 0. The summed E-state index contributed by atoms with van der Waals surface area (Å²) in [6.07, 6.45) is -0.431. The zero-order valence-corrected chi connectivity index (χ0v) is 18.9. The SMILES string of the molecule is COOC1C(c2[nH]c(C)c(Br)c2C)C(OOC)C1c1[nH]c(C)c(Br)c1C. The number of halogens is 2. The highest BCUT2D eigenvalue weighted by Gasteiger charge is 2.57. The average molecular weight is 492 g/mol. The first-order chi connectivity index (χ1) is 12.3. The van der Waals surface area contributed by atoms with Gasteiger partial charge >= 0.3 is 0 Å². The van der Waals surface area contributed by atoms with E-state index in [2.05, 4.69) is 55.7 Å². The van der Waals surface area contributed by atoms with Crippen molar-refractivity contribution in [2.45, 2.75) is 51.7 Å². The number of aromatic nitrogens is 2. The van der Waals surface area contributed by atoms with Crippen molar-refractivity contribution < 1.29 is 19.6 Å². The predicted octanol–water partition coefficient (Wildman–Crippen LogP) is 4.88. The first kappa shape index (κ1) is 20.1. The maximum atomic E-state index is 5.69. The molecule has 1 saturated carbocycles. The van der Waals surface area contributed by atoms with Crippen LogP contribution in [-0.2, 0) is 19.6 Å². The molecule has 2 N–H and O–H groups in total. The number of hydrogen-bond acceptors (Lipinski definition) is 4. The van der Waals surface area contributed by atoms with Gasteiger partial charge in [-0.3, -0.25) is 0 Å². The molecule has 0 spiro atoms. The molecule has 1 aliphatic rings. The molecule has 0 saturated heterocycles. The molecule has 0 aliphatic heterocycles. The number of nitrogens with one attached hydrogen (secondary N) is 2. The van der Waals surface area contributed by atoms with E-state index in [4.69, 9.17) is 19.6 Å². The number of aryl methyl sites for hydroxylation is 2. The van der Waals surface area contributed by atoms with Crippen molar-refractivity contribution in [1.82, 2.24) is 9.97 Å². The van der Waals surface area contributed by atoms with Gasteiger partial charge in [-0.1, -0.05) is 0 Å². The van der Waals surface area contributed by atoms with Gasteiger partial charge in [0.1, 0.15) is 12.2 Å². The van der Waals surface area contributed by atoms with E-state index in [0.717, 1.165) is 42.8 Å². The Kier molecular flexibility index (Phi) is 6.01. The van der Waals surface area contributed by atoms with E-state index in [1.54, 1.807) is 0 Å². The molecule has 0 unspecified atom stereocenters. The summed E-state index contributed by atoms with van der Waals surface area (Å²) in [5.41, 5.74) is 6.55. The molecular weight excluding hydrogens is 468 g/mol. The quantitative estimate of drug-likeness (QED) is 0.446. The van der Waals surface area contributed by atoms with Gasteiger partial charge in [-0.25, -0.2) is 19.6 Å². The molecule has 144 valence electrons. The van der Waals surface area contributed by atoms with E-state index < -0.39 is 0 Å². The Labute approximate surface area is 170 Å². The molecule has 6 nitrogen and oxygen atoms in total. The Bertz CT molecular complexity index is 727. The van der Waals surface area contributed by atoms with E-state index in [1.165, 1.54) is 14.2 Å². The maximum absolute atomic E-state index is 5.69. The van der Waals surface area contributed by atoms with E-state index in [1.807, 2.05) is 13.8 Å². The molecule has 0 radical (unpaired) electrons. The normalized spacial score (nSPS) is 25.5. The summed E-state index contributed by atoms with van der Waals surface area (Å²) in [6.45, 7) is 8.21. The molecule has 3 rings (SSSR count). The molecule has 2 aromatic heterocycles. The summed E-state index contributed by atoms with van der Waals surface area (Å²) in [4.78, 5) is 28.5. The molecule has 0 amide bonds. The van der Waals surface area contributed by atoms with Crippen LogP contribution in [0.25, 0.3) is 0 Å². The fourth-order valence-corrected chi connectivity index (χ4v) is 4.59. The second-order valence-electron chi connectivity index (χ2n) is 6.71. The van der Waals surface area contributed by atoms with Crippen LogP contribution in [0.4, 0.5) is 0 Å². The van der Waals surface area contributed by atoms with Crippen LogP contribution >= 0.6 is 31.9 Å². The zero-order chi connectivity index (χ0) is 19.2. The second-order valence-corrected chi connectivity index (χ2v) is 8.30. The predicted molar refractivity (Wildman–Crippen MR) is 105 cm³/mol. The van der Waals surface area contributed by atoms with Crippen LogP contribution < -0.4 is 0 Å². The smallest absolute Gasteiger partial charge is 0.115 e. The molecule has 8 heteroatoms. The van der Waals surface area contributed by atoms with Gasteiger partial charge in [0, 0.05) is 31.7 Å². The number of rotatable bonds is 6. The monoisotopic (exact) mass is 490 g/mol. The Balaban J connectivity index is 2.05. The average Bonchev–Trinajstić information content (AvgIpc) is 2.99. The Hall–Kier alpha value is -0.640. The molecule has 26 heavy (non-hydrogen) atoms. The topological polar surface area (TPSA) is 68.5 Å². The van der Waals surface area contributed by atoms with E-state index in [0.29, 0.717) is 0 Å². The highest BCUT2D eigenvalue weighted by molar-refractivity contribution is 9.10. The standard InChI is InChI=1S/C18H24Br2N2O4/c1-7-13(19)9(3)21-15(7)11-17(25-23-5)12(18(11)26-24-6)16-8(2)14(20)10(4)22-16/h11-12,17-18,21-22H,1-6H3. The second kappa shape index (κ2) is 7.77. The van der Waals surface area contributed by atoms with Gasteiger partial charge in [-0.15, -0.1) is 0 Å². The van der Waals surface area contributed by atoms with Crippen LogP contribution in [0.5, 0.6) is 0 Å². The van der Waals surface area contributed by atoms with Crippen LogP contribution in [0.3, 0.4) is 0 Å². The summed E-state index contributed by atoms with van der Waals surface area (Å²) in [5.74, 6) is -0.0987. The minimum Gasteiger partial charge on any atom is -0.361 e. The third-order valence-corrected chi connectivity index (χ3v) is 7.65. The van der Waals surface area contributed by atoms with Crippen LogP contribution in [-0.4, -0.2) is 36.4 Å². The Morgan fingerprint density at radius 2 is 1.04 bits per heavy atom. The summed E-state index contributed by atoms with van der Waals surface area (Å²) >= 11 is 7.27. The minimum absolute atomic E-state index is 0.0494. The van der Waals surface area contributed by atoms with E-state index in [9.17, 15) is 0 Å². The van der Waals surface area contributed by atoms with Crippen molar-refractivity contribution in [2.75, 3.05) is 14.2 Å². The van der Waals surface area contributed by atoms with Crippen molar-refractivity contribution in [1.29, 1.82) is 0 Å². The lowest BCUT2D eigenvalue weighted by Gasteiger charge is -2.48. The Morgan fingerprint density at radius 1 is 0.692 bits per heavy atom. The zero-order valence-electron chi connectivity index (χ0n) is 15.7. The first-order valence-corrected chi connectivity index (χ1v) is 10.00. The molecular formula is C18H24Br2N2O4. The van der Waals surface area contributed by atoms with Gasteiger partial charge in [0.2, 0.25) is 0 Å². The Morgan fingerprint density at radius 3 is 1.27 bits per heavy atom. The lowest BCUT2D eigenvalue weighted by atomic mass is 9.65. The van der Waals surface area contributed by atoms with Crippen molar-refractivity contribution >= 4 is 31.9 Å². The molecule has 0 aromatic carbocycles. The van der Waals surface area contributed by atoms with Crippen molar-refractivity contribution in [3.63, 3.8) is 0 Å². The molecule has 0 bridgehead atoms. The lowest BCUT2D eigenvalue weighted by molar-refractivity contribution is -0.390. The fourth-order valence-electron chi connectivity index (χ4n) is 3.96. The first-order valence-electron chi connectivity index (χ1n) is 8.41. The molecule has 2 aromatic rings. The van der Waals surface area contributed by atoms with Crippen molar-refractivity contribution in [3.8, 4) is 0 Å². The van der Waals surface area contributed by atoms with Gasteiger partial charge in [0.15, 0.2) is 0 Å². The minimum atomic E-state index is -0.215. The van der Waals surface area contributed by atoms with Gasteiger partial charge in [0.25, 0.3) is 0 Å². The third kappa shape index (κ3) is 3.10. The maximum Gasteiger partial charge on any atom is 0.115 e. The van der Waals surface area contributed by atoms with E-state index in [-0.39, 0.29) is 24.0 Å². The number of H-pyrrole nitrogens is 2. The van der Waals surface area contributed by atoms with Crippen LogP contribution in [0, 0.1) is 27.7 Å². The van der Waals surface area contributed by atoms with Crippen molar-refractivity contribution in [2.24, 2.45) is 0 Å². The van der Waals surface area contributed by atoms with E-state index >= 15 is 0 Å². The fraction of sp³-hybridized carbons (Fsp3) is 0.556. The lowest BCUT2D eigenvalue weighted by Crippen LogP contribution is -2.55. The number of hydrogen-bond donors (Lipinski definition) is 2. The van der Waals surface area contributed by atoms with Gasteiger partial charge in [-0.05, 0) is 70.7 Å². The van der Waals surface area contributed by atoms with Gasteiger partial charge < -0.3 is 9.97 Å². The van der Waals surface area contributed by atoms with Crippen LogP contribution in [0.2, 0.25) is 0 Å². The third-order valence-electron chi connectivity index (χ3n) is 5.27. The summed E-state index contributed by atoms with van der Waals surface area (Å²) in [6, 6.07) is 0. The van der Waals surface area contributed by atoms with Gasteiger partial charge in [0.05, 0.1) is 26.1 Å². The summed E-state index contributed by atoms with van der Waals surface area (Å²) < 4.78 is 2.14. The van der Waals surface area contributed by atoms with Crippen molar-refractivity contribution in [3.05, 3.63) is 42.8 Å². The highest BCUT2D eigenvalue weighted by Crippen LogP contribution is 2.53. The largest absolute Gasteiger partial charge is 0.361 e.